The molecular weight excluding hydrogens is 399 g/mol. The van der Waals surface area contributed by atoms with Crippen molar-refractivity contribution in [3.05, 3.63) is 58.7 Å². The summed E-state index contributed by atoms with van der Waals surface area (Å²) in [5.74, 6) is -3.29. The van der Waals surface area contributed by atoms with E-state index < -0.39 is 46.0 Å². The average molecular weight is 409 g/mol. The molecule has 0 unspecified atom stereocenters. The first-order valence-electron chi connectivity index (χ1n) is 6.52. The van der Waals surface area contributed by atoms with Crippen molar-refractivity contribution in [1.29, 1.82) is 0 Å². The van der Waals surface area contributed by atoms with E-state index in [9.17, 15) is 26.7 Å². The Bertz CT molecular complexity index is 787. The van der Waals surface area contributed by atoms with Crippen molar-refractivity contribution in [3.8, 4) is 11.1 Å². The fourth-order valence-electron chi connectivity index (χ4n) is 2.20. The molecule has 0 N–H and O–H groups in total. The Morgan fingerprint density at radius 1 is 1.12 bits per heavy atom. The molecule has 128 valence electrons. The first kappa shape index (κ1) is 18.4. The van der Waals surface area contributed by atoms with Crippen molar-refractivity contribution in [2.45, 2.75) is 11.5 Å². The first-order valence-corrected chi connectivity index (χ1v) is 7.65. The molecule has 0 saturated carbocycles. The Labute approximate surface area is 142 Å². The largest absolute Gasteiger partial charge is 0.465 e. The molecule has 0 aliphatic carbocycles. The Morgan fingerprint density at radius 3 is 2.33 bits per heavy atom. The molecule has 2 rings (SSSR count). The standard InChI is InChI=1S/C16H10BrF5O2/c1-24-15(23)12-5-8(7-17)4-11(14(12)19)10-3-2-9(18)6-13(10)16(20,21)22/h2-6H,7H2,1H3. The van der Waals surface area contributed by atoms with Gasteiger partial charge in [-0.2, -0.15) is 13.2 Å². The summed E-state index contributed by atoms with van der Waals surface area (Å²) in [5.41, 5.74) is -2.48. The highest BCUT2D eigenvalue weighted by Gasteiger charge is 2.35. The van der Waals surface area contributed by atoms with Crippen molar-refractivity contribution in [2.24, 2.45) is 0 Å². The topological polar surface area (TPSA) is 26.3 Å². The molecule has 0 heterocycles. The minimum absolute atomic E-state index is 0.173. The van der Waals surface area contributed by atoms with E-state index in [-0.39, 0.29) is 11.4 Å². The van der Waals surface area contributed by atoms with Crippen LogP contribution in [0.1, 0.15) is 21.5 Å². The summed E-state index contributed by atoms with van der Waals surface area (Å²) in [6, 6.07) is 4.25. The molecule has 0 bridgehead atoms. The number of hydrogen-bond donors (Lipinski definition) is 0. The highest BCUT2D eigenvalue weighted by Crippen LogP contribution is 2.39. The third kappa shape index (κ3) is 3.58. The van der Waals surface area contributed by atoms with Gasteiger partial charge in [-0.05, 0) is 35.4 Å². The normalized spacial score (nSPS) is 11.5. The zero-order valence-electron chi connectivity index (χ0n) is 12.2. The number of carbonyl (C=O) groups is 1. The number of rotatable bonds is 3. The van der Waals surface area contributed by atoms with Crippen molar-refractivity contribution in [1.82, 2.24) is 0 Å². The van der Waals surface area contributed by atoms with Gasteiger partial charge in [-0.1, -0.05) is 22.0 Å². The van der Waals surface area contributed by atoms with E-state index in [0.717, 1.165) is 19.2 Å². The lowest BCUT2D eigenvalue weighted by molar-refractivity contribution is -0.137. The van der Waals surface area contributed by atoms with Crippen molar-refractivity contribution in [3.63, 3.8) is 0 Å². The second-order valence-corrected chi connectivity index (χ2v) is 5.38. The maximum Gasteiger partial charge on any atom is 0.417 e. The number of benzene rings is 2. The summed E-state index contributed by atoms with van der Waals surface area (Å²) in [6.45, 7) is 0. The van der Waals surface area contributed by atoms with E-state index in [1.165, 1.54) is 12.1 Å². The van der Waals surface area contributed by atoms with Crippen LogP contribution in [-0.4, -0.2) is 13.1 Å². The van der Waals surface area contributed by atoms with Gasteiger partial charge in [0.05, 0.1) is 18.2 Å². The smallest absolute Gasteiger partial charge is 0.417 e. The van der Waals surface area contributed by atoms with Gasteiger partial charge in [0.1, 0.15) is 11.6 Å². The van der Waals surface area contributed by atoms with Crippen LogP contribution in [0.5, 0.6) is 0 Å². The number of carbonyl (C=O) groups excluding carboxylic acids is 1. The summed E-state index contributed by atoms with van der Waals surface area (Å²) in [6.07, 6.45) is -4.89. The van der Waals surface area contributed by atoms with Crippen molar-refractivity contribution in [2.75, 3.05) is 7.11 Å². The third-order valence-corrected chi connectivity index (χ3v) is 3.92. The zero-order chi connectivity index (χ0) is 18.1. The highest BCUT2D eigenvalue weighted by atomic mass is 79.9. The summed E-state index contributed by atoms with van der Waals surface area (Å²) in [5, 5.41) is 0.173. The van der Waals surface area contributed by atoms with Crippen LogP contribution in [0.2, 0.25) is 0 Å². The van der Waals surface area contributed by atoms with E-state index >= 15 is 0 Å². The van der Waals surface area contributed by atoms with E-state index in [1.54, 1.807) is 0 Å². The molecule has 24 heavy (non-hydrogen) atoms. The van der Waals surface area contributed by atoms with E-state index in [4.69, 9.17) is 0 Å². The fraction of sp³-hybridized carbons (Fsp3) is 0.188. The highest BCUT2D eigenvalue weighted by molar-refractivity contribution is 9.08. The molecule has 0 aliphatic rings. The summed E-state index contributed by atoms with van der Waals surface area (Å²) < 4.78 is 71.8. The average Bonchev–Trinajstić information content (AvgIpc) is 2.53. The van der Waals surface area contributed by atoms with Gasteiger partial charge in [0, 0.05) is 10.9 Å². The summed E-state index contributed by atoms with van der Waals surface area (Å²) >= 11 is 3.11. The Hall–Kier alpha value is -1.96. The molecule has 0 aliphatic heterocycles. The van der Waals surface area contributed by atoms with Gasteiger partial charge in [-0.15, -0.1) is 0 Å². The second-order valence-electron chi connectivity index (χ2n) is 4.82. The minimum atomic E-state index is -4.89. The molecule has 0 spiro atoms. The molecule has 8 heteroatoms. The lowest BCUT2D eigenvalue weighted by Gasteiger charge is -2.16. The van der Waals surface area contributed by atoms with Crippen LogP contribution in [0, 0.1) is 11.6 Å². The molecule has 2 aromatic rings. The van der Waals surface area contributed by atoms with Crippen LogP contribution in [0.25, 0.3) is 11.1 Å². The Morgan fingerprint density at radius 2 is 1.79 bits per heavy atom. The van der Waals surface area contributed by atoms with Gasteiger partial charge in [-0.25, -0.2) is 13.6 Å². The van der Waals surface area contributed by atoms with Crippen LogP contribution >= 0.6 is 15.9 Å². The third-order valence-electron chi connectivity index (χ3n) is 3.27. The molecule has 2 aromatic carbocycles. The summed E-state index contributed by atoms with van der Waals surface area (Å²) in [7, 11) is 1.03. The molecule has 0 radical (unpaired) electrons. The predicted octanol–water partition coefficient (Wildman–Crippen LogP) is 5.33. The van der Waals surface area contributed by atoms with Crippen molar-refractivity contribution >= 4 is 21.9 Å². The van der Waals surface area contributed by atoms with Gasteiger partial charge in [0.2, 0.25) is 0 Å². The van der Waals surface area contributed by atoms with E-state index in [1.807, 2.05) is 0 Å². The molecule has 0 amide bonds. The molecule has 2 nitrogen and oxygen atoms in total. The molecule has 0 aromatic heterocycles. The second kappa shape index (κ2) is 6.88. The van der Waals surface area contributed by atoms with Crippen LogP contribution in [0.15, 0.2) is 30.3 Å². The maximum atomic E-state index is 14.6. The Balaban J connectivity index is 2.80. The van der Waals surface area contributed by atoms with Crippen LogP contribution in [0.4, 0.5) is 22.0 Å². The SMILES string of the molecule is COC(=O)c1cc(CBr)cc(-c2ccc(F)cc2C(F)(F)F)c1F. The van der Waals surface area contributed by atoms with Gasteiger partial charge in [0.15, 0.2) is 0 Å². The quantitative estimate of drug-likeness (QED) is 0.389. The van der Waals surface area contributed by atoms with Gasteiger partial charge in [0.25, 0.3) is 0 Å². The Kier molecular flexibility index (Phi) is 5.27. The van der Waals surface area contributed by atoms with Gasteiger partial charge in [-0.3, -0.25) is 0 Å². The lowest BCUT2D eigenvalue weighted by Crippen LogP contribution is -2.11. The zero-order valence-corrected chi connectivity index (χ0v) is 13.8. The number of alkyl halides is 4. The molecular formula is C16H10BrF5O2. The molecule has 0 fully saturated rings. The fourth-order valence-corrected chi connectivity index (χ4v) is 2.53. The predicted molar refractivity (Wildman–Crippen MR) is 80.8 cm³/mol. The number of ether oxygens (including phenoxy) is 1. The molecule has 0 atom stereocenters. The number of hydrogen-bond acceptors (Lipinski definition) is 2. The summed E-state index contributed by atoms with van der Waals surface area (Å²) in [4.78, 5) is 11.7. The first-order chi connectivity index (χ1) is 11.2. The van der Waals surface area contributed by atoms with Crippen molar-refractivity contribution < 1.29 is 31.5 Å². The minimum Gasteiger partial charge on any atom is -0.465 e. The number of esters is 1. The monoisotopic (exact) mass is 408 g/mol. The van der Waals surface area contributed by atoms with Gasteiger partial charge < -0.3 is 4.74 Å². The van der Waals surface area contributed by atoms with E-state index in [0.29, 0.717) is 5.56 Å². The van der Waals surface area contributed by atoms with Gasteiger partial charge >= 0.3 is 12.1 Å². The van der Waals surface area contributed by atoms with Crippen LogP contribution in [-0.2, 0) is 16.2 Å². The number of methoxy groups -OCH3 is 1. The van der Waals surface area contributed by atoms with Crippen LogP contribution in [0.3, 0.4) is 0 Å². The molecule has 0 saturated heterocycles. The van der Waals surface area contributed by atoms with E-state index in [2.05, 4.69) is 20.7 Å². The number of halogens is 6. The maximum absolute atomic E-state index is 14.6. The lowest BCUT2D eigenvalue weighted by atomic mass is 9.95. The van der Waals surface area contributed by atoms with Crippen LogP contribution < -0.4 is 0 Å².